The van der Waals surface area contributed by atoms with E-state index < -0.39 is 11.6 Å². The van der Waals surface area contributed by atoms with Gasteiger partial charge >= 0.3 is 0 Å². The van der Waals surface area contributed by atoms with Gasteiger partial charge in [-0.15, -0.1) is 35.7 Å². The number of nitrogens with two attached hydrogens (primary N) is 3. The Balaban J connectivity index is 0.000000131. The van der Waals surface area contributed by atoms with Crippen molar-refractivity contribution < 1.29 is 8.78 Å². The third-order valence-electron chi connectivity index (χ3n) is 9.58. The highest BCUT2D eigenvalue weighted by molar-refractivity contribution is 5.83. The van der Waals surface area contributed by atoms with Gasteiger partial charge in [-0.05, 0) is 30.7 Å². The van der Waals surface area contributed by atoms with Crippen molar-refractivity contribution in [2.24, 2.45) is 26.9 Å². The zero-order chi connectivity index (χ0) is 52.2. The zero-order valence-corrected chi connectivity index (χ0v) is 39.7. The van der Waals surface area contributed by atoms with Gasteiger partial charge in [-0.1, -0.05) is 17.3 Å². The molecule has 0 aliphatic carbocycles. The highest BCUT2D eigenvalue weighted by Gasteiger charge is 2.11. The fraction of sp³-hybridized carbons (Fsp3) is 0.119. The molecule has 11 aromatic heterocycles. The Kier molecular flexibility index (Phi) is 17.4. The number of fused-ring (bicyclic) bond motifs is 1. The van der Waals surface area contributed by atoms with Gasteiger partial charge in [-0.3, -0.25) is 38.0 Å². The summed E-state index contributed by atoms with van der Waals surface area (Å²) in [7, 11) is 5.55. The van der Waals surface area contributed by atoms with Gasteiger partial charge in [0.25, 0.3) is 0 Å². The molecule has 0 fully saturated rings. The SMILES string of the molecule is Cc1nncn1-c1cccc2c1nnn2C.Cn1nccc1-n1cnnc1N.Cn1nccc1Nc1ncn[nH]1.Fc1cncc(Nc2ncn[nH]2)c1.NCc1cccnc1.Nc1nncn1-c1cncc(F)c1. The molecule has 12 aromatic rings. The van der Waals surface area contributed by atoms with Crippen molar-refractivity contribution in [3.63, 3.8) is 0 Å². The maximum Gasteiger partial charge on any atom is 0.227 e. The van der Waals surface area contributed by atoms with Crippen molar-refractivity contribution in [1.82, 2.24) is 124 Å². The molecule has 0 saturated carbocycles. The van der Waals surface area contributed by atoms with Crippen LogP contribution in [0.25, 0.3) is 28.2 Å². The Morgan fingerprint density at radius 1 is 0.622 bits per heavy atom. The summed E-state index contributed by atoms with van der Waals surface area (Å²) in [4.78, 5) is 18.9. The van der Waals surface area contributed by atoms with Crippen molar-refractivity contribution in [3.8, 4) is 17.2 Å². The minimum Gasteiger partial charge on any atom is -0.368 e. The predicted octanol–water partition coefficient (Wildman–Crippen LogP) is 2.73. The topological polar surface area (TPSA) is 382 Å². The summed E-state index contributed by atoms with van der Waals surface area (Å²) in [5, 5.41) is 56.8. The fourth-order valence-corrected chi connectivity index (χ4v) is 6.05. The van der Waals surface area contributed by atoms with E-state index in [0.29, 0.717) is 35.8 Å². The molecule has 0 unspecified atom stereocenters. The number of hydrogen-bond donors (Lipinski definition) is 7. The van der Waals surface area contributed by atoms with Crippen LogP contribution < -0.4 is 27.8 Å². The van der Waals surface area contributed by atoms with Crippen molar-refractivity contribution in [1.29, 1.82) is 0 Å². The van der Waals surface area contributed by atoms with E-state index in [4.69, 9.17) is 17.2 Å². The molecule has 378 valence electrons. The molecule has 12 rings (SSSR count). The Labute approximate surface area is 416 Å². The zero-order valence-electron chi connectivity index (χ0n) is 39.7. The van der Waals surface area contributed by atoms with Gasteiger partial charge in [0.15, 0.2) is 0 Å². The second kappa shape index (κ2) is 25.2. The van der Waals surface area contributed by atoms with Gasteiger partial charge in [0.1, 0.15) is 66.2 Å². The van der Waals surface area contributed by atoms with E-state index in [2.05, 4.69) is 107 Å². The number of aromatic amines is 2. The summed E-state index contributed by atoms with van der Waals surface area (Å²) < 4.78 is 35.5. The number of halogens is 2. The molecule has 0 atom stereocenters. The first kappa shape index (κ1) is 51.1. The molecule has 0 spiro atoms. The van der Waals surface area contributed by atoms with E-state index in [9.17, 15) is 8.78 Å². The average molecular weight is 1010 g/mol. The fourth-order valence-electron chi connectivity index (χ4n) is 6.05. The van der Waals surface area contributed by atoms with Gasteiger partial charge in [-0.2, -0.15) is 30.4 Å². The van der Waals surface area contributed by atoms with Crippen molar-refractivity contribution in [2.75, 3.05) is 22.1 Å². The van der Waals surface area contributed by atoms with Crippen LogP contribution in [0, 0.1) is 18.6 Å². The summed E-state index contributed by atoms with van der Waals surface area (Å²) in [6.07, 6.45) is 19.5. The Morgan fingerprint density at radius 3 is 1.84 bits per heavy atom. The maximum atomic E-state index is 12.7. The molecule has 0 bridgehead atoms. The Hall–Kier alpha value is -10.8. The molecule has 11 heterocycles. The second-order valence-electron chi connectivity index (χ2n) is 14.6. The number of H-pyrrole nitrogens is 2. The molecule has 74 heavy (non-hydrogen) atoms. The summed E-state index contributed by atoms with van der Waals surface area (Å²) in [6, 6.07) is 16.1. The molecule has 32 heteroatoms. The van der Waals surface area contributed by atoms with Crippen molar-refractivity contribution in [3.05, 3.63) is 159 Å². The van der Waals surface area contributed by atoms with Crippen LogP contribution >= 0.6 is 0 Å². The lowest BCUT2D eigenvalue weighted by Gasteiger charge is -2.03. The quantitative estimate of drug-likeness (QED) is 0.115. The third-order valence-corrected chi connectivity index (χ3v) is 9.58. The summed E-state index contributed by atoms with van der Waals surface area (Å²) in [5.41, 5.74) is 21.2. The van der Waals surface area contributed by atoms with E-state index >= 15 is 0 Å². The summed E-state index contributed by atoms with van der Waals surface area (Å²) >= 11 is 0. The lowest BCUT2D eigenvalue weighted by molar-refractivity contribution is 0.620. The van der Waals surface area contributed by atoms with Gasteiger partial charge in [0.05, 0.1) is 59.8 Å². The molecular weight excluding hydrogens is 963 g/mol. The van der Waals surface area contributed by atoms with Crippen LogP contribution in [0.15, 0.2) is 136 Å². The number of aryl methyl sites for hydroxylation is 4. The van der Waals surface area contributed by atoms with Crippen LogP contribution in [0.5, 0.6) is 0 Å². The minimum atomic E-state index is -0.425. The molecule has 30 nitrogen and oxygen atoms in total. The van der Waals surface area contributed by atoms with Crippen LogP contribution in [0.3, 0.4) is 0 Å². The van der Waals surface area contributed by atoms with Crippen LogP contribution in [0.4, 0.5) is 44.1 Å². The third kappa shape index (κ3) is 13.9. The lowest BCUT2D eigenvalue weighted by atomic mass is 10.2. The summed E-state index contributed by atoms with van der Waals surface area (Å²) in [6.45, 7) is 2.48. The molecular formula is C42H46F2N30. The van der Waals surface area contributed by atoms with Crippen LogP contribution in [-0.4, -0.2) is 124 Å². The molecule has 0 saturated heterocycles. The Bertz CT molecular complexity index is 3480. The second-order valence-corrected chi connectivity index (χ2v) is 14.6. The van der Waals surface area contributed by atoms with E-state index in [1.54, 1.807) is 56.1 Å². The lowest BCUT2D eigenvalue weighted by Crippen LogP contribution is -2.05. The predicted molar refractivity (Wildman–Crippen MR) is 263 cm³/mol. The van der Waals surface area contributed by atoms with Gasteiger partial charge < -0.3 is 27.8 Å². The molecule has 0 aliphatic heterocycles. The van der Waals surface area contributed by atoms with Crippen LogP contribution in [-0.2, 0) is 27.7 Å². The molecule has 0 radical (unpaired) electrons. The number of benzene rings is 1. The smallest absolute Gasteiger partial charge is 0.227 e. The number of hydrogen-bond acceptors (Lipinski definition) is 22. The minimum absolute atomic E-state index is 0.201. The number of nitrogens with one attached hydrogen (secondary N) is 4. The molecule has 1 aromatic carbocycles. The van der Waals surface area contributed by atoms with Crippen LogP contribution in [0.1, 0.15) is 11.4 Å². The largest absolute Gasteiger partial charge is 0.368 e. The number of anilines is 6. The number of nitrogen functional groups attached to an aromatic ring is 2. The first-order chi connectivity index (χ1) is 36.0. The summed E-state index contributed by atoms with van der Waals surface area (Å²) in [5.74, 6) is 3.34. The number of nitrogens with zero attached hydrogens (tertiary/aromatic N) is 23. The average Bonchev–Trinajstić information content (AvgIpc) is 4.27. The Morgan fingerprint density at radius 2 is 1.28 bits per heavy atom. The van der Waals surface area contributed by atoms with Crippen molar-refractivity contribution in [2.45, 2.75) is 13.5 Å². The van der Waals surface area contributed by atoms with E-state index in [1.807, 2.05) is 75.1 Å². The first-order valence-electron chi connectivity index (χ1n) is 21.4. The number of aromatic nitrogens is 25. The highest BCUT2D eigenvalue weighted by atomic mass is 19.1. The van der Waals surface area contributed by atoms with Gasteiger partial charge in [0, 0.05) is 64.3 Å². The first-order valence-corrected chi connectivity index (χ1v) is 21.4. The normalized spacial score (nSPS) is 10.3. The van der Waals surface area contributed by atoms with Gasteiger partial charge in [-0.25, -0.2) is 23.7 Å². The maximum absolute atomic E-state index is 12.7. The number of rotatable bonds is 8. The highest BCUT2D eigenvalue weighted by Crippen LogP contribution is 2.20. The molecule has 10 N–H and O–H groups in total. The standard InChI is InChI=1S/C10H10N6.2C7H6FN5.2C6H8N6.C6H8N2/c1-7-12-11-6-16(7)9-5-3-4-8-10(9)13-14-15(8)2;8-5-1-6(3-10-2-5)13-4-11-12-7(13)9;8-5-1-6(3-9-2-5)12-7-10-4-11-13-7;1-11-5(2-3-9-11)12-4-8-10-6(12)7;1-12-5(2-3-9-12)10-6-7-4-8-11-6;7-4-6-2-1-3-8-5-6/h3-6H,1-2H3;1-4H,(H2,9,12);1-4H,(H2,10,11,12,13);2-4H,1H3,(H2,7,10);2-4H,1H3,(H2,7,8,10,11);1-3,5H,4,7H2. The van der Waals surface area contributed by atoms with E-state index in [0.717, 1.165) is 52.1 Å². The molecule has 0 amide bonds. The van der Waals surface area contributed by atoms with Crippen molar-refractivity contribution >= 4 is 46.3 Å². The number of pyridine rings is 3. The van der Waals surface area contributed by atoms with Crippen LogP contribution in [0.2, 0.25) is 0 Å². The monoisotopic (exact) mass is 1010 g/mol. The van der Waals surface area contributed by atoms with E-state index in [1.165, 1.54) is 48.1 Å². The van der Waals surface area contributed by atoms with E-state index in [-0.39, 0.29) is 5.95 Å². The van der Waals surface area contributed by atoms with Gasteiger partial charge in [0.2, 0.25) is 23.8 Å². The molecule has 0 aliphatic rings.